The van der Waals surface area contributed by atoms with Gasteiger partial charge >= 0.3 is 0 Å². The van der Waals surface area contributed by atoms with Crippen LogP contribution in [-0.4, -0.2) is 24.2 Å². The number of nitrogens with one attached hydrogen (secondary N) is 1. The Kier molecular flexibility index (Phi) is 4.07. The average Bonchev–Trinajstić information content (AvgIpc) is 2.79. The average molecular weight is 322 g/mol. The van der Waals surface area contributed by atoms with Crippen LogP contribution >= 0.6 is 15.9 Å². The quantitative estimate of drug-likeness (QED) is 0.939. The van der Waals surface area contributed by atoms with E-state index in [9.17, 15) is 0 Å². The molecule has 0 saturated carbocycles. The molecular weight excluding hydrogens is 310 g/mol. The van der Waals surface area contributed by atoms with Crippen molar-refractivity contribution in [1.82, 2.24) is 9.97 Å². The summed E-state index contributed by atoms with van der Waals surface area (Å²) in [6.45, 7) is 0. The lowest BCUT2D eigenvalue weighted by molar-refractivity contribution is 0.395. The Hall–Kier alpha value is -2.00. The molecule has 0 fully saturated rings. The molecule has 1 heterocycles. The maximum atomic E-state index is 8.73. The van der Waals surface area contributed by atoms with Gasteiger partial charge in [0, 0.05) is 6.07 Å². The van der Waals surface area contributed by atoms with Crippen LogP contribution in [0.1, 0.15) is 5.69 Å². The molecule has 0 amide bonds. The van der Waals surface area contributed by atoms with E-state index in [-0.39, 0.29) is 6.42 Å². The molecular formula is C13H12BrN3O2. The second-order valence-electron chi connectivity index (χ2n) is 3.76. The minimum Gasteiger partial charge on any atom is -0.497 e. The molecule has 0 aliphatic heterocycles. The zero-order valence-corrected chi connectivity index (χ0v) is 12.1. The number of rotatable bonds is 4. The number of ether oxygens (including phenoxy) is 2. The standard InChI is InChI=1S/C13H12BrN3O2/c1-18-8-3-4-9(11(7-8)19-2)13-16-10(5-6-15)12(14)17-13/h3-4,7H,5H2,1-2H3,(H,16,17). The number of imidazole rings is 1. The largest absolute Gasteiger partial charge is 0.497 e. The van der Waals surface area contributed by atoms with E-state index in [0.29, 0.717) is 21.9 Å². The summed E-state index contributed by atoms with van der Waals surface area (Å²) in [6.07, 6.45) is 0.270. The first kappa shape index (κ1) is 13.4. The Morgan fingerprint density at radius 3 is 2.79 bits per heavy atom. The highest BCUT2D eigenvalue weighted by Gasteiger charge is 2.13. The second kappa shape index (κ2) is 5.76. The summed E-state index contributed by atoms with van der Waals surface area (Å²) >= 11 is 3.33. The zero-order valence-electron chi connectivity index (χ0n) is 10.5. The molecule has 1 N–H and O–H groups in total. The second-order valence-corrected chi connectivity index (χ2v) is 4.51. The molecule has 0 bridgehead atoms. The molecule has 2 aromatic rings. The van der Waals surface area contributed by atoms with Crippen LogP contribution in [-0.2, 0) is 6.42 Å². The topological polar surface area (TPSA) is 70.9 Å². The number of benzene rings is 1. The van der Waals surface area contributed by atoms with Crippen molar-refractivity contribution in [3.63, 3.8) is 0 Å². The van der Waals surface area contributed by atoms with E-state index in [2.05, 4.69) is 32.0 Å². The van der Waals surface area contributed by atoms with Crippen molar-refractivity contribution in [1.29, 1.82) is 5.26 Å². The van der Waals surface area contributed by atoms with Gasteiger partial charge in [-0.25, -0.2) is 4.98 Å². The van der Waals surface area contributed by atoms with E-state index >= 15 is 0 Å². The van der Waals surface area contributed by atoms with E-state index in [4.69, 9.17) is 14.7 Å². The SMILES string of the molecule is COc1ccc(-c2nc(Br)c(CC#N)[nH]2)c(OC)c1. The smallest absolute Gasteiger partial charge is 0.142 e. The lowest BCUT2D eigenvalue weighted by atomic mass is 10.2. The fraction of sp³-hybridized carbons (Fsp3) is 0.231. The number of hydrogen-bond donors (Lipinski definition) is 1. The van der Waals surface area contributed by atoms with Crippen LogP contribution in [0.25, 0.3) is 11.4 Å². The van der Waals surface area contributed by atoms with Gasteiger partial charge in [-0.1, -0.05) is 0 Å². The highest BCUT2D eigenvalue weighted by molar-refractivity contribution is 9.10. The first-order chi connectivity index (χ1) is 9.19. The number of halogens is 1. The minimum absolute atomic E-state index is 0.270. The summed E-state index contributed by atoms with van der Waals surface area (Å²) < 4.78 is 11.1. The summed E-state index contributed by atoms with van der Waals surface area (Å²) in [7, 11) is 3.19. The predicted octanol–water partition coefficient (Wildman–Crippen LogP) is 2.92. The van der Waals surface area contributed by atoms with Gasteiger partial charge in [-0.3, -0.25) is 0 Å². The zero-order chi connectivity index (χ0) is 13.8. The minimum atomic E-state index is 0.270. The van der Waals surface area contributed by atoms with Crippen molar-refractivity contribution >= 4 is 15.9 Å². The third-order valence-corrected chi connectivity index (χ3v) is 3.30. The van der Waals surface area contributed by atoms with E-state index in [1.807, 2.05) is 12.1 Å². The molecule has 0 radical (unpaired) electrons. The molecule has 0 aliphatic rings. The predicted molar refractivity (Wildman–Crippen MR) is 74.1 cm³/mol. The lowest BCUT2D eigenvalue weighted by Crippen LogP contribution is -1.91. The van der Waals surface area contributed by atoms with Crippen molar-refractivity contribution in [3.05, 3.63) is 28.5 Å². The van der Waals surface area contributed by atoms with E-state index in [1.165, 1.54) is 0 Å². The number of nitrogens with zero attached hydrogens (tertiary/aromatic N) is 2. The first-order valence-corrected chi connectivity index (χ1v) is 6.32. The van der Waals surface area contributed by atoms with Gasteiger partial charge in [0.15, 0.2) is 0 Å². The van der Waals surface area contributed by atoms with Crippen LogP contribution in [0.15, 0.2) is 22.8 Å². The van der Waals surface area contributed by atoms with Crippen LogP contribution < -0.4 is 9.47 Å². The van der Waals surface area contributed by atoms with Gasteiger partial charge in [-0.2, -0.15) is 5.26 Å². The van der Waals surface area contributed by atoms with Crippen LogP contribution in [0.5, 0.6) is 11.5 Å². The molecule has 1 aromatic heterocycles. The Labute approximate surface area is 119 Å². The van der Waals surface area contributed by atoms with Crippen molar-refractivity contribution in [2.75, 3.05) is 14.2 Å². The Bertz CT molecular complexity index is 631. The number of hydrogen-bond acceptors (Lipinski definition) is 4. The molecule has 0 saturated heterocycles. The molecule has 0 aliphatic carbocycles. The summed E-state index contributed by atoms with van der Waals surface area (Å²) in [5.41, 5.74) is 1.56. The molecule has 1 aromatic carbocycles. The highest BCUT2D eigenvalue weighted by Crippen LogP contribution is 2.33. The van der Waals surface area contributed by atoms with Crippen LogP contribution in [0.2, 0.25) is 0 Å². The van der Waals surface area contributed by atoms with Crippen LogP contribution in [0.4, 0.5) is 0 Å². The summed E-state index contributed by atoms with van der Waals surface area (Å²) in [5, 5.41) is 8.73. The maximum Gasteiger partial charge on any atom is 0.142 e. The third kappa shape index (κ3) is 2.71. The normalized spacial score (nSPS) is 10.0. The van der Waals surface area contributed by atoms with E-state index < -0.39 is 0 Å². The molecule has 0 atom stereocenters. The molecule has 2 rings (SSSR count). The monoisotopic (exact) mass is 321 g/mol. The van der Waals surface area contributed by atoms with Crippen LogP contribution in [0, 0.1) is 11.3 Å². The maximum absolute atomic E-state index is 8.73. The van der Waals surface area contributed by atoms with Crippen LogP contribution in [0.3, 0.4) is 0 Å². The first-order valence-electron chi connectivity index (χ1n) is 5.53. The number of H-pyrrole nitrogens is 1. The molecule has 98 valence electrons. The Morgan fingerprint density at radius 2 is 2.16 bits per heavy atom. The van der Waals surface area contributed by atoms with Gasteiger partial charge in [0.05, 0.1) is 38.0 Å². The number of aromatic nitrogens is 2. The van der Waals surface area contributed by atoms with Crippen molar-refractivity contribution in [2.45, 2.75) is 6.42 Å². The fourth-order valence-electron chi connectivity index (χ4n) is 1.71. The van der Waals surface area contributed by atoms with Gasteiger partial charge < -0.3 is 14.5 Å². The summed E-state index contributed by atoms with van der Waals surface area (Å²) in [5.74, 6) is 2.02. The number of methoxy groups -OCH3 is 2. The Balaban J connectivity index is 2.47. The number of aromatic amines is 1. The summed E-state index contributed by atoms with van der Waals surface area (Å²) in [4.78, 5) is 7.46. The number of nitriles is 1. The van der Waals surface area contributed by atoms with E-state index in [0.717, 1.165) is 11.3 Å². The highest BCUT2D eigenvalue weighted by atomic mass is 79.9. The Morgan fingerprint density at radius 1 is 1.37 bits per heavy atom. The van der Waals surface area contributed by atoms with Gasteiger partial charge in [0.1, 0.15) is 21.9 Å². The van der Waals surface area contributed by atoms with E-state index in [1.54, 1.807) is 20.3 Å². The van der Waals surface area contributed by atoms with Gasteiger partial charge in [0.2, 0.25) is 0 Å². The fourth-order valence-corrected chi connectivity index (χ4v) is 2.12. The molecule has 5 nitrogen and oxygen atoms in total. The lowest BCUT2D eigenvalue weighted by Gasteiger charge is -2.08. The van der Waals surface area contributed by atoms with Crippen molar-refractivity contribution in [3.8, 4) is 29.0 Å². The molecule has 0 unspecified atom stereocenters. The van der Waals surface area contributed by atoms with Crippen molar-refractivity contribution in [2.24, 2.45) is 0 Å². The van der Waals surface area contributed by atoms with Gasteiger partial charge in [0.25, 0.3) is 0 Å². The van der Waals surface area contributed by atoms with Crippen molar-refractivity contribution < 1.29 is 9.47 Å². The summed E-state index contributed by atoms with van der Waals surface area (Å²) in [6, 6.07) is 7.56. The molecule has 0 spiro atoms. The molecule has 6 heteroatoms. The van der Waals surface area contributed by atoms with Gasteiger partial charge in [-0.05, 0) is 28.1 Å². The molecule has 19 heavy (non-hydrogen) atoms. The van der Waals surface area contributed by atoms with Gasteiger partial charge in [-0.15, -0.1) is 0 Å². The third-order valence-electron chi connectivity index (χ3n) is 2.65.